The number of H-pyrrole nitrogens is 1. The molecule has 0 aliphatic heterocycles. The van der Waals surface area contributed by atoms with Crippen LogP contribution < -0.4 is 4.74 Å². The first-order valence-electron chi connectivity index (χ1n) is 10.0. The van der Waals surface area contributed by atoms with Gasteiger partial charge in [0.15, 0.2) is 11.6 Å². The summed E-state index contributed by atoms with van der Waals surface area (Å²) in [5, 5.41) is 13.2. The van der Waals surface area contributed by atoms with Gasteiger partial charge in [-0.3, -0.25) is 5.10 Å². The quantitative estimate of drug-likeness (QED) is 0.346. The molecule has 1 N–H and O–H groups in total. The van der Waals surface area contributed by atoms with Crippen LogP contribution in [0.5, 0.6) is 5.75 Å². The van der Waals surface area contributed by atoms with Gasteiger partial charge in [0.05, 0.1) is 23.9 Å². The summed E-state index contributed by atoms with van der Waals surface area (Å²) in [5.74, 6) is 2.20. The first kappa shape index (κ1) is 20.6. The summed E-state index contributed by atoms with van der Waals surface area (Å²) >= 11 is 3.60. The Bertz CT molecular complexity index is 1140. The first-order valence-corrected chi connectivity index (χ1v) is 10.8. The van der Waals surface area contributed by atoms with E-state index in [1.807, 2.05) is 47.3 Å². The van der Waals surface area contributed by atoms with Gasteiger partial charge in [-0.15, -0.1) is 0 Å². The van der Waals surface area contributed by atoms with Gasteiger partial charge in [-0.05, 0) is 30.7 Å². The molecule has 30 heavy (non-hydrogen) atoms. The van der Waals surface area contributed by atoms with E-state index >= 15 is 0 Å². The molecule has 4 aromatic rings. The van der Waals surface area contributed by atoms with Crippen LogP contribution in [0.15, 0.2) is 47.1 Å². The number of hydrogen-bond donors (Lipinski definition) is 1. The number of aromatic nitrogens is 5. The zero-order valence-electron chi connectivity index (χ0n) is 17.1. The molecule has 0 aliphatic rings. The fraction of sp³-hybridized carbons (Fsp3) is 0.318. The van der Waals surface area contributed by atoms with Gasteiger partial charge in [0.25, 0.3) is 0 Å². The highest BCUT2D eigenvalue weighted by Gasteiger charge is 2.19. The van der Waals surface area contributed by atoms with E-state index in [0.717, 1.165) is 57.5 Å². The van der Waals surface area contributed by atoms with Crippen molar-refractivity contribution in [3.63, 3.8) is 0 Å². The molecule has 0 saturated heterocycles. The Balaban J connectivity index is 1.80. The second-order valence-corrected chi connectivity index (χ2v) is 7.78. The summed E-state index contributed by atoms with van der Waals surface area (Å²) in [6.45, 7) is 3.95. The number of nitrogens with one attached hydrogen (secondary N) is 1. The van der Waals surface area contributed by atoms with E-state index in [1.165, 1.54) is 0 Å². The molecule has 2 heterocycles. The second-order valence-electron chi connectivity index (χ2n) is 6.93. The van der Waals surface area contributed by atoms with Crippen molar-refractivity contribution < 1.29 is 9.47 Å². The molecule has 0 fully saturated rings. The third kappa shape index (κ3) is 4.11. The van der Waals surface area contributed by atoms with E-state index in [1.54, 1.807) is 7.11 Å². The Kier molecular flexibility index (Phi) is 6.44. The number of ether oxygens (including phenoxy) is 2. The number of unbranched alkanes of at least 4 members (excludes halogenated alkanes) is 1. The van der Waals surface area contributed by atoms with Crippen LogP contribution in [0.3, 0.4) is 0 Å². The highest BCUT2D eigenvalue weighted by molar-refractivity contribution is 9.10. The normalized spacial score (nSPS) is 11.3. The Morgan fingerprint density at radius 1 is 1.10 bits per heavy atom. The molecule has 0 amide bonds. The van der Waals surface area contributed by atoms with Crippen molar-refractivity contribution in [2.24, 2.45) is 0 Å². The summed E-state index contributed by atoms with van der Waals surface area (Å²) in [6, 6.07) is 11.9. The maximum Gasteiger partial charge on any atom is 0.185 e. The van der Waals surface area contributed by atoms with Gasteiger partial charge in [-0.1, -0.05) is 41.4 Å². The van der Waals surface area contributed by atoms with E-state index in [2.05, 4.69) is 33.1 Å². The topological polar surface area (TPSA) is 77.8 Å². The van der Waals surface area contributed by atoms with Crippen LogP contribution >= 0.6 is 15.9 Å². The Morgan fingerprint density at radius 3 is 2.80 bits per heavy atom. The number of fused-ring (bicyclic) bond motifs is 1. The molecule has 4 rings (SSSR count). The van der Waals surface area contributed by atoms with E-state index in [4.69, 9.17) is 19.6 Å². The third-order valence-corrected chi connectivity index (χ3v) is 5.56. The van der Waals surface area contributed by atoms with Gasteiger partial charge < -0.3 is 9.47 Å². The number of aryl methyl sites for hydroxylation is 1. The number of methoxy groups -OCH3 is 1. The van der Waals surface area contributed by atoms with Crippen LogP contribution in [0.2, 0.25) is 0 Å². The molecule has 0 atom stereocenters. The summed E-state index contributed by atoms with van der Waals surface area (Å²) in [5.41, 5.74) is 2.77. The highest BCUT2D eigenvalue weighted by atomic mass is 79.9. The summed E-state index contributed by atoms with van der Waals surface area (Å²) in [4.78, 5) is 4.93. The fourth-order valence-electron chi connectivity index (χ4n) is 3.32. The van der Waals surface area contributed by atoms with E-state index in [-0.39, 0.29) is 0 Å². The fourth-order valence-corrected chi connectivity index (χ4v) is 3.75. The van der Waals surface area contributed by atoms with Gasteiger partial charge in [0.1, 0.15) is 12.4 Å². The van der Waals surface area contributed by atoms with Crippen LogP contribution in [-0.2, 0) is 11.3 Å². The van der Waals surface area contributed by atoms with Crippen molar-refractivity contribution >= 4 is 26.8 Å². The van der Waals surface area contributed by atoms with Gasteiger partial charge >= 0.3 is 0 Å². The zero-order valence-corrected chi connectivity index (χ0v) is 18.6. The largest absolute Gasteiger partial charge is 0.490 e. The molecule has 0 radical (unpaired) electrons. The predicted octanol–water partition coefficient (Wildman–Crippen LogP) is 5.08. The number of benzene rings is 2. The minimum atomic E-state index is 0.471. The van der Waals surface area contributed by atoms with Crippen molar-refractivity contribution in [2.45, 2.75) is 26.3 Å². The van der Waals surface area contributed by atoms with Crippen molar-refractivity contribution in [1.82, 2.24) is 25.0 Å². The van der Waals surface area contributed by atoms with Crippen LogP contribution in [0.4, 0.5) is 0 Å². The monoisotopic (exact) mass is 469 g/mol. The Hall–Kier alpha value is -2.71. The molecule has 0 unspecified atom stereocenters. The van der Waals surface area contributed by atoms with Crippen molar-refractivity contribution in [3.8, 4) is 28.5 Å². The number of nitrogens with zero attached hydrogens (tertiary/aromatic N) is 4. The lowest BCUT2D eigenvalue weighted by Crippen LogP contribution is -2.05. The maximum absolute atomic E-state index is 5.90. The molecule has 0 aliphatic carbocycles. The van der Waals surface area contributed by atoms with Crippen LogP contribution in [0.1, 0.15) is 19.8 Å². The Labute approximate surface area is 183 Å². The van der Waals surface area contributed by atoms with Crippen molar-refractivity contribution in [2.75, 3.05) is 20.3 Å². The summed E-state index contributed by atoms with van der Waals surface area (Å²) < 4.78 is 14.0. The number of aromatic amines is 1. The maximum atomic E-state index is 5.90. The Morgan fingerprint density at radius 2 is 1.97 bits per heavy atom. The molecule has 2 aromatic carbocycles. The average Bonchev–Trinajstić information content (AvgIpc) is 3.41. The second kappa shape index (κ2) is 9.40. The van der Waals surface area contributed by atoms with Gasteiger partial charge in [0, 0.05) is 29.1 Å². The third-order valence-electron chi connectivity index (χ3n) is 4.87. The van der Waals surface area contributed by atoms with Crippen molar-refractivity contribution in [3.05, 3.63) is 47.1 Å². The molecule has 0 bridgehead atoms. The van der Waals surface area contributed by atoms with Crippen LogP contribution in [-0.4, -0.2) is 45.3 Å². The van der Waals surface area contributed by atoms with Gasteiger partial charge in [-0.2, -0.15) is 10.2 Å². The molecular weight excluding hydrogens is 446 g/mol. The minimum Gasteiger partial charge on any atom is -0.490 e. The minimum absolute atomic E-state index is 0.471. The zero-order chi connectivity index (χ0) is 20.9. The first-order chi connectivity index (χ1) is 14.7. The van der Waals surface area contributed by atoms with E-state index in [0.29, 0.717) is 19.0 Å². The molecule has 0 saturated carbocycles. The lowest BCUT2D eigenvalue weighted by Gasteiger charge is -2.08. The van der Waals surface area contributed by atoms with Crippen LogP contribution in [0, 0.1) is 0 Å². The molecule has 0 spiro atoms. The van der Waals surface area contributed by atoms with E-state index in [9.17, 15) is 0 Å². The molecule has 156 valence electrons. The SMILES string of the molecule is CCCCn1nc(-c2ccccc2OCCOC)nc1-c1ccc(Br)c2cn[nH]c12. The van der Waals surface area contributed by atoms with Gasteiger partial charge in [0.2, 0.25) is 0 Å². The standard InChI is InChI=1S/C22H24BrN5O2/c1-3-4-11-28-22(16-9-10-18(23)17-14-24-26-20(16)17)25-21(27-28)15-7-5-6-8-19(15)30-13-12-29-2/h5-10,14H,3-4,11-13H2,1-2H3,(H,24,26). The average molecular weight is 470 g/mol. The van der Waals surface area contributed by atoms with Crippen LogP contribution in [0.25, 0.3) is 33.7 Å². The molecule has 8 heteroatoms. The number of rotatable bonds is 9. The number of hydrogen-bond acceptors (Lipinski definition) is 5. The predicted molar refractivity (Wildman–Crippen MR) is 121 cm³/mol. The number of halogens is 1. The molecule has 2 aromatic heterocycles. The molecule has 7 nitrogen and oxygen atoms in total. The lowest BCUT2D eigenvalue weighted by atomic mass is 10.1. The summed E-state index contributed by atoms with van der Waals surface area (Å²) in [7, 11) is 1.66. The summed E-state index contributed by atoms with van der Waals surface area (Å²) in [6.07, 6.45) is 3.91. The molecular formula is C22H24BrN5O2. The number of para-hydroxylation sites is 1. The van der Waals surface area contributed by atoms with Gasteiger partial charge in [-0.25, -0.2) is 9.67 Å². The van der Waals surface area contributed by atoms with E-state index < -0.39 is 0 Å². The lowest BCUT2D eigenvalue weighted by molar-refractivity contribution is 0.146. The van der Waals surface area contributed by atoms with Crippen molar-refractivity contribution in [1.29, 1.82) is 0 Å². The smallest absolute Gasteiger partial charge is 0.185 e. The highest BCUT2D eigenvalue weighted by Crippen LogP contribution is 2.34.